The second-order valence-electron chi connectivity index (χ2n) is 5.55. The Kier molecular flexibility index (Phi) is 4.18. The van der Waals surface area contributed by atoms with Crippen molar-refractivity contribution in [3.8, 4) is 0 Å². The lowest BCUT2D eigenvalue weighted by molar-refractivity contribution is -0.134. The van der Waals surface area contributed by atoms with Crippen LogP contribution in [0.25, 0.3) is 0 Å². The van der Waals surface area contributed by atoms with Crippen molar-refractivity contribution in [1.29, 1.82) is 0 Å². The van der Waals surface area contributed by atoms with Crippen LogP contribution in [0, 0.1) is 12.8 Å². The molecule has 1 aromatic carbocycles. The summed E-state index contributed by atoms with van der Waals surface area (Å²) in [5, 5.41) is 2.81. The zero-order valence-corrected chi connectivity index (χ0v) is 13.7. The lowest BCUT2D eigenvalue weighted by Crippen LogP contribution is -2.64. The molecule has 2 atom stereocenters. The van der Waals surface area contributed by atoms with Gasteiger partial charge in [0.2, 0.25) is 5.91 Å². The fourth-order valence-electron chi connectivity index (χ4n) is 2.41. The van der Waals surface area contributed by atoms with Gasteiger partial charge >= 0.3 is 0 Å². The molecule has 1 aromatic rings. The van der Waals surface area contributed by atoms with Crippen molar-refractivity contribution in [2.24, 2.45) is 5.92 Å². The second kappa shape index (κ2) is 5.56. The Bertz CT molecular complexity index is 557. The maximum Gasteiger partial charge on any atom is 0.250 e. The number of piperazine rings is 1. The Morgan fingerprint density at radius 2 is 1.95 bits per heavy atom. The van der Waals surface area contributed by atoms with Crippen molar-refractivity contribution in [2.45, 2.75) is 39.8 Å². The minimum atomic E-state index is -0.495. The highest BCUT2D eigenvalue weighted by Gasteiger charge is 2.40. The van der Waals surface area contributed by atoms with Gasteiger partial charge in [-0.1, -0.05) is 35.8 Å². The number of hydrogen-bond donors (Lipinski definition) is 1. The van der Waals surface area contributed by atoms with Gasteiger partial charge in [0.1, 0.15) is 12.1 Å². The molecule has 1 aliphatic heterocycles. The summed E-state index contributed by atoms with van der Waals surface area (Å²) in [4.78, 5) is 26.4. The van der Waals surface area contributed by atoms with Crippen LogP contribution >= 0.6 is 15.9 Å². The van der Waals surface area contributed by atoms with E-state index in [4.69, 9.17) is 0 Å². The largest absolute Gasteiger partial charge is 0.342 e. The van der Waals surface area contributed by atoms with Crippen LogP contribution in [-0.4, -0.2) is 23.9 Å². The molecule has 5 heteroatoms. The molecular formula is C15H19BrN2O2. The van der Waals surface area contributed by atoms with Crippen LogP contribution in [0.3, 0.4) is 0 Å². The van der Waals surface area contributed by atoms with Crippen molar-refractivity contribution in [3.63, 3.8) is 0 Å². The topological polar surface area (TPSA) is 49.4 Å². The van der Waals surface area contributed by atoms with E-state index in [9.17, 15) is 9.59 Å². The van der Waals surface area contributed by atoms with E-state index in [2.05, 4.69) is 21.2 Å². The van der Waals surface area contributed by atoms with E-state index in [1.54, 1.807) is 11.8 Å². The van der Waals surface area contributed by atoms with Gasteiger partial charge in [-0.15, -0.1) is 0 Å². The summed E-state index contributed by atoms with van der Waals surface area (Å²) >= 11 is 3.42. The predicted octanol–water partition coefficient (Wildman–Crippen LogP) is 2.63. The van der Waals surface area contributed by atoms with Crippen LogP contribution in [0.15, 0.2) is 22.7 Å². The van der Waals surface area contributed by atoms with Crippen LogP contribution in [-0.2, 0) is 9.59 Å². The second-order valence-corrected chi connectivity index (χ2v) is 6.46. The number of anilines is 1. The molecule has 0 spiro atoms. The van der Waals surface area contributed by atoms with Crippen molar-refractivity contribution < 1.29 is 9.59 Å². The Balaban J connectivity index is 2.48. The summed E-state index contributed by atoms with van der Waals surface area (Å²) in [6.07, 6.45) is 0. The molecule has 0 saturated carbocycles. The Morgan fingerprint density at radius 3 is 2.55 bits per heavy atom. The molecule has 108 valence electrons. The predicted molar refractivity (Wildman–Crippen MR) is 82.6 cm³/mol. The zero-order valence-electron chi connectivity index (χ0n) is 12.1. The minimum Gasteiger partial charge on any atom is -0.342 e. The molecule has 20 heavy (non-hydrogen) atoms. The van der Waals surface area contributed by atoms with Crippen LogP contribution in [0.1, 0.15) is 26.3 Å². The standard InChI is InChI=1S/C15H19BrN2O2/c1-8(2)13-15(20)18(10(4)14(19)17-13)12-7-11(16)6-5-9(12)3/h5-8,10,13H,1-4H3,(H,17,19). The summed E-state index contributed by atoms with van der Waals surface area (Å²) in [5.74, 6) is -0.0927. The van der Waals surface area contributed by atoms with Gasteiger partial charge in [-0.2, -0.15) is 0 Å². The third-order valence-corrected chi connectivity index (χ3v) is 4.16. The summed E-state index contributed by atoms with van der Waals surface area (Å²) in [6, 6.07) is 4.80. The molecule has 0 aromatic heterocycles. The van der Waals surface area contributed by atoms with Crippen molar-refractivity contribution in [3.05, 3.63) is 28.2 Å². The molecule has 2 unspecified atom stereocenters. The highest BCUT2D eigenvalue weighted by atomic mass is 79.9. The van der Waals surface area contributed by atoms with Gasteiger partial charge in [0, 0.05) is 10.2 Å². The highest BCUT2D eigenvalue weighted by Crippen LogP contribution is 2.29. The first-order chi connectivity index (χ1) is 9.32. The molecule has 0 radical (unpaired) electrons. The summed E-state index contributed by atoms with van der Waals surface area (Å²) in [5.41, 5.74) is 1.77. The summed E-state index contributed by atoms with van der Waals surface area (Å²) in [7, 11) is 0. The van der Waals surface area contributed by atoms with Crippen molar-refractivity contribution >= 4 is 33.4 Å². The molecule has 4 nitrogen and oxygen atoms in total. The van der Waals surface area contributed by atoms with Crippen LogP contribution < -0.4 is 10.2 Å². The lowest BCUT2D eigenvalue weighted by atomic mass is 9.97. The summed E-state index contributed by atoms with van der Waals surface area (Å²) in [6.45, 7) is 7.57. The maximum absolute atomic E-state index is 12.7. The average Bonchev–Trinajstić information content (AvgIpc) is 2.37. The maximum atomic E-state index is 12.7. The molecule has 1 saturated heterocycles. The van der Waals surface area contributed by atoms with E-state index in [-0.39, 0.29) is 17.7 Å². The molecule has 0 aliphatic carbocycles. The van der Waals surface area contributed by atoms with Gasteiger partial charge < -0.3 is 5.32 Å². The van der Waals surface area contributed by atoms with Gasteiger partial charge in [0.25, 0.3) is 5.91 Å². The number of amides is 2. The van der Waals surface area contributed by atoms with Crippen LogP contribution in [0.2, 0.25) is 0 Å². The van der Waals surface area contributed by atoms with Crippen LogP contribution in [0.4, 0.5) is 5.69 Å². The van der Waals surface area contributed by atoms with E-state index in [0.717, 1.165) is 15.7 Å². The average molecular weight is 339 g/mol. The number of halogens is 1. The molecule has 1 heterocycles. The van der Waals surface area contributed by atoms with Gasteiger partial charge in [-0.25, -0.2) is 0 Å². The first-order valence-electron chi connectivity index (χ1n) is 6.72. The van der Waals surface area contributed by atoms with Crippen LogP contribution in [0.5, 0.6) is 0 Å². The third-order valence-electron chi connectivity index (χ3n) is 3.67. The first-order valence-corrected chi connectivity index (χ1v) is 7.52. The summed E-state index contributed by atoms with van der Waals surface area (Å²) < 4.78 is 0.894. The third kappa shape index (κ3) is 2.59. The zero-order chi connectivity index (χ0) is 15.0. The Hall–Kier alpha value is -1.36. The quantitative estimate of drug-likeness (QED) is 0.901. The number of carbonyl (C=O) groups is 2. The highest BCUT2D eigenvalue weighted by molar-refractivity contribution is 9.10. The Morgan fingerprint density at radius 1 is 1.30 bits per heavy atom. The van der Waals surface area contributed by atoms with Gasteiger partial charge in [-0.3, -0.25) is 14.5 Å². The fourth-order valence-corrected chi connectivity index (χ4v) is 2.76. The number of benzene rings is 1. The number of nitrogens with zero attached hydrogens (tertiary/aromatic N) is 1. The van der Waals surface area contributed by atoms with Crippen molar-refractivity contribution in [2.75, 3.05) is 4.90 Å². The van der Waals surface area contributed by atoms with E-state index < -0.39 is 12.1 Å². The fraction of sp³-hybridized carbons (Fsp3) is 0.467. The Labute approximate surface area is 127 Å². The van der Waals surface area contributed by atoms with Gasteiger partial charge in [-0.05, 0) is 37.5 Å². The minimum absolute atomic E-state index is 0.0479. The molecule has 1 N–H and O–H groups in total. The molecule has 2 amide bonds. The van der Waals surface area contributed by atoms with E-state index in [0.29, 0.717) is 0 Å². The molecule has 2 rings (SSSR count). The number of hydrogen-bond acceptors (Lipinski definition) is 2. The van der Waals surface area contributed by atoms with Gasteiger partial charge in [0.15, 0.2) is 0 Å². The number of rotatable bonds is 2. The smallest absolute Gasteiger partial charge is 0.250 e. The SMILES string of the molecule is Cc1ccc(Br)cc1N1C(=O)C(C(C)C)NC(=O)C1C. The number of aryl methyl sites for hydroxylation is 1. The lowest BCUT2D eigenvalue weighted by Gasteiger charge is -2.39. The van der Waals surface area contributed by atoms with E-state index >= 15 is 0 Å². The molecule has 1 fully saturated rings. The number of nitrogens with one attached hydrogen (secondary N) is 1. The molecule has 0 bridgehead atoms. The van der Waals surface area contributed by atoms with Gasteiger partial charge in [0.05, 0.1) is 0 Å². The first kappa shape index (κ1) is 15.0. The molecule has 1 aliphatic rings. The van der Waals surface area contributed by atoms with Crippen molar-refractivity contribution in [1.82, 2.24) is 5.32 Å². The molecular weight excluding hydrogens is 320 g/mol. The monoisotopic (exact) mass is 338 g/mol. The number of carbonyl (C=O) groups excluding carboxylic acids is 2. The van der Waals surface area contributed by atoms with E-state index in [1.165, 1.54) is 0 Å². The normalized spacial score (nSPS) is 23.2. The van der Waals surface area contributed by atoms with E-state index in [1.807, 2.05) is 39.0 Å².